The highest BCUT2D eigenvalue weighted by Gasteiger charge is 2.18. The second kappa shape index (κ2) is 7.35. The number of para-hydroxylation sites is 3. The normalized spacial score (nSPS) is 14.2. The van der Waals surface area contributed by atoms with E-state index in [1.807, 2.05) is 36.4 Å². The summed E-state index contributed by atoms with van der Waals surface area (Å²) >= 11 is 0. The minimum Gasteiger partial charge on any atom is -0.370 e. The van der Waals surface area contributed by atoms with Gasteiger partial charge in [0.1, 0.15) is 6.33 Å². The summed E-state index contributed by atoms with van der Waals surface area (Å²) in [4.78, 5) is 15.3. The Kier molecular flexibility index (Phi) is 4.59. The van der Waals surface area contributed by atoms with Crippen molar-refractivity contribution in [2.75, 3.05) is 23.3 Å². The maximum Gasteiger partial charge on any atom is 0.257 e. The molecule has 0 radical (unpaired) electrons. The fourth-order valence-corrected chi connectivity index (χ4v) is 3.32. The number of piperidine rings is 1. The molecule has 0 saturated carbocycles. The number of nitrogens with zero attached hydrogens (tertiary/aromatic N) is 5. The van der Waals surface area contributed by atoms with Crippen LogP contribution in [0, 0.1) is 0 Å². The maximum absolute atomic E-state index is 13.0. The van der Waals surface area contributed by atoms with Crippen LogP contribution in [-0.4, -0.2) is 39.2 Å². The lowest BCUT2D eigenvalue weighted by Crippen LogP contribution is -2.30. The van der Waals surface area contributed by atoms with Crippen molar-refractivity contribution in [3.8, 4) is 5.69 Å². The van der Waals surface area contributed by atoms with Gasteiger partial charge in [0.15, 0.2) is 0 Å². The van der Waals surface area contributed by atoms with Gasteiger partial charge in [0.25, 0.3) is 5.91 Å². The molecular weight excluding hydrogens is 328 g/mol. The van der Waals surface area contributed by atoms with Gasteiger partial charge in [-0.05, 0) is 54.0 Å². The molecular formula is C19H20N6O. The molecule has 0 unspecified atom stereocenters. The molecule has 1 aromatic heterocycles. The highest BCUT2D eigenvalue weighted by atomic mass is 16.1. The van der Waals surface area contributed by atoms with Gasteiger partial charge in [0, 0.05) is 13.1 Å². The molecule has 0 bridgehead atoms. The topological polar surface area (TPSA) is 75.9 Å². The van der Waals surface area contributed by atoms with Gasteiger partial charge in [-0.25, -0.2) is 0 Å². The lowest BCUT2D eigenvalue weighted by Gasteiger charge is -2.30. The van der Waals surface area contributed by atoms with Gasteiger partial charge in [-0.15, -0.1) is 5.10 Å². The molecule has 1 saturated heterocycles. The van der Waals surface area contributed by atoms with Crippen LogP contribution in [0.5, 0.6) is 0 Å². The number of carbonyl (C=O) groups excluding carboxylic acids is 1. The van der Waals surface area contributed by atoms with E-state index in [0.29, 0.717) is 11.3 Å². The van der Waals surface area contributed by atoms with Crippen molar-refractivity contribution in [2.24, 2.45) is 0 Å². The van der Waals surface area contributed by atoms with E-state index in [1.165, 1.54) is 30.3 Å². The zero-order valence-corrected chi connectivity index (χ0v) is 14.4. The molecule has 2 aromatic carbocycles. The fraction of sp³-hybridized carbons (Fsp3) is 0.263. The van der Waals surface area contributed by atoms with E-state index in [2.05, 4.69) is 31.8 Å². The Bertz CT molecular complexity index is 887. The van der Waals surface area contributed by atoms with Crippen LogP contribution < -0.4 is 10.2 Å². The Morgan fingerprint density at radius 1 is 0.923 bits per heavy atom. The van der Waals surface area contributed by atoms with Gasteiger partial charge in [0.05, 0.1) is 22.6 Å². The first-order valence-corrected chi connectivity index (χ1v) is 8.80. The number of nitrogens with one attached hydrogen (secondary N) is 1. The molecule has 7 nitrogen and oxygen atoms in total. The van der Waals surface area contributed by atoms with E-state index in [-0.39, 0.29) is 5.91 Å². The molecule has 0 aliphatic carbocycles. The number of hydrogen-bond donors (Lipinski definition) is 1. The highest BCUT2D eigenvalue weighted by Crippen LogP contribution is 2.29. The molecule has 7 heteroatoms. The first-order chi connectivity index (χ1) is 12.8. The molecule has 2 heterocycles. The zero-order valence-electron chi connectivity index (χ0n) is 14.4. The van der Waals surface area contributed by atoms with Gasteiger partial charge in [-0.3, -0.25) is 4.79 Å². The summed E-state index contributed by atoms with van der Waals surface area (Å²) in [5.74, 6) is -0.180. The molecule has 0 spiro atoms. The summed E-state index contributed by atoms with van der Waals surface area (Å²) in [6, 6.07) is 15.2. The van der Waals surface area contributed by atoms with Gasteiger partial charge in [-0.2, -0.15) is 4.68 Å². The first kappa shape index (κ1) is 16.3. The molecule has 3 aromatic rings. The van der Waals surface area contributed by atoms with Crippen LogP contribution in [0.25, 0.3) is 5.69 Å². The smallest absolute Gasteiger partial charge is 0.257 e. The Hall–Kier alpha value is -3.22. The first-order valence-electron chi connectivity index (χ1n) is 8.80. The van der Waals surface area contributed by atoms with Crippen molar-refractivity contribution in [3.63, 3.8) is 0 Å². The van der Waals surface area contributed by atoms with E-state index in [0.717, 1.165) is 24.5 Å². The number of hydrogen-bond acceptors (Lipinski definition) is 5. The lowest BCUT2D eigenvalue weighted by molar-refractivity contribution is 0.102. The quantitative estimate of drug-likeness (QED) is 0.784. The van der Waals surface area contributed by atoms with Crippen molar-refractivity contribution in [1.82, 2.24) is 20.2 Å². The van der Waals surface area contributed by atoms with Crippen molar-refractivity contribution < 1.29 is 4.79 Å². The van der Waals surface area contributed by atoms with Crippen LogP contribution >= 0.6 is 0 Å². The summed E-state index contributed by atoms with van der Waals surface area (Å²) in [5.41, 5.74) is 3.06. The predicted octanol–water partition coefficient (Wildman–Crippen LogP) is 2.90. The zero-order chi connectivity index (χ0) is 17.8. The van der Waals surface area contributed by atoms with Crippen molar-refractivity contribution in [3.05, 3.63) is 60.4 Å². The second-order valence-electron chi connectivity index (χ2n) is 6.29. The van der Waals surface area contributed by atoms with E-state index < -0.39 is 0 Å². The minimum atomic E-state index is -0.180. The van der Waals surface area contributed by atoms with Crippen LogP contribution in [0.2, 0.25) is 0 Å². The minimum absolute atomic E-state index is 0.180. The third-order valence-electron chi connectivity index (χ3n) is 4.59. The number of benzene rings is 2. The highest BCUT2D eigenvalue weighted by molar-refractivity contribution is 6.08. The maximum atomic E-state index is 13.0. The molecule has 1 N–H and O–H groups in total. The summed E-state index contributed by atoms with van der Waals surface area (Å²) in [7, 11) is 0. The molecule has 1 amide bonds. The number of aromatic nitrogens is 4. The molecule has 4 rings (SSSR count). The van der Waals surface area contributed by atoms with Crippen LogP contribution in [0.3, 0.4) is 0 Å². The van der Waals surface area contributed by atoms with E-state index in [1.54, 1.807) is 6.07 Å². The fourth-order valence-electron chi connectivity index (χ4n) is 3.32. The van der Waals surface area contributed by atoms with E-state index in [9.17, 15) is 4.79 Å². The van der Waals surface area contributed by atoms with Crippen LogP contribution in [0.4, 0.5) is 11.4 Å². The Morgan fingerprint density at radius 2 is 1.65 bits per heavy atom. The third-order valence-corrected chi connectivity index (χ3v) is 4.59. The monoisotopic (exact) mass is 348 g/mol. The van der Waals surface area contributed by atoms with Crippen molar-refractivity contribution in [1.29, 1.82) is 0 Å². The predicted molar refractivity (Wildman–Crippen MR) is 99.6 cm³/mol. The Morgan fingerprint density at radius 3 is 2.42 bits per heavy atom. The number of tetrazole rings is 1. The largest absolute Gasteiger partial charge is 0.370 e. The summed E-state index contributed by atoms with van der Waals surface area (Å²) < 4.78 is 1.49. The number of anilines is 2. The average molecular weight is 348 g/mol. The number of carbonyl (C=O) groups is 1. The van der Waals surface area contributed by atoms with Crippen molar-refractivity contribution >= 4 is 17.3 Å². The number of amides is 1. The molecule has 1 aliphatic heterocycles. The molecule has 1 aliphatic rings. The standard InChI is InChI=1S/C19H20N6O/c26-19(15-8-2-4-10-17(15)25-14-20-22-23-25)21-16-9-3-5-11-18(16)24-12-6-1-7-13-24/h2-5,8-11,14H,1,6-7,12-13H2,(H,21,26). The molecule has 0 atom stereocenters. The SMILES string of the molecule is O=C(Nc1ccccc1N1CCCCC1)c1ccccc1-n1cnnn1. The van der Waals surface area contributed by atoms with Crippen molar-refractivity contribution in [2.45, 2.75) is 19.3 Å². The van der Waals surface area contributed by atoms with Gasteiger partial charge in [0.2, 0.25) is 0 Å². The van der Waals surface area contributed by atoms with Gasteiger partial charge in [-0.1, -0.05) is 24.3 Å². The van der Waals surface area contributed by atoms with Crippen LogP contribution in [-0.2, 0) is 0 Å². The van der Waals surface area contributed by atoms with Gasteiger partial charge < -0.3 is 10.2 Å². The summed E-state index contributed by atoms with van der Waals surface area (Å²) in [6.45, 7) is 2.04. The lowest BCUT2D eigenvalue weighted by atomic mass is 10.1. The Labute approximate surface area is 151 Å². The van der Waals surface area contributed by atoms with E-state index in [4.69, 9.17) is 0 Å². The van der Waals surface area contributed by atoms with E-state index >= 15 is 0 Å². The molecule has 26 heavy (non-hydrogen) atoms. The van der Waals surface area contributed by atoms with Crippen LogP contribution in [0.1, 0.15) is 29.6 Å². The molecule has 132 valence electrons. The average Bonchev–Trinajstić information content (AvgIpc) is 3.24. The Balaban J connectivity index is 1.62. The number of rotatable bonds is 4. The summed E-state index contributed by atoms with van der Waals surface area (Å²) in [6.07, 6.45) is 5.12. The molecule has 1 fully saturated rings. The third kappa shape index (κ3) is 3.28. The van der Waals surface area contributed by atoms with Crippen LogP contribution in [0.15, 0.2) is 54.9 Å². The van der Waals surface area contributed by atoms with Gasteiger partial charge >= 0.3 is 0 Å². The summed E-state index contributed by atoms with van der Waals surface area (Å²) in [5, 5.41) is 14.3. The second-order valence-corrected chi connectivity index (χ2v) is 6.29.